The molecule has 0 fully saturated rings. The van der Waals surface area contributed by atoms with Crippen LogP contribution in [0.1, 0.15) is 80.1 Å². The van der Waals surface area contributed by atoms with Gasteiger partial charge in [-0.25, -0.2) is 5.48 Å². The molecule has 0 saturated heterocycles. The number of amides is 1. The van der Waals surface area contributed by atoms with Gasteiger partial charge < -0.3 is 9.79 Å². The molecular weight excluding hydrogens is 401 g/mol. The summed E-state index contributed by atoms with van der Waals surface area (Å²) in [5, 5.41) is 0. The van der Waals surface area contributed by atoms with Crippen molar-refractivity contribution in [1.82, 2.24) is 5.48 Å². The van der Waals surface area contributed by atoms with E-state index >= 15 is 0 Å². The highest BCUT2D eigenvalue weighted by Crippen LogP contribution is 2.40. The van der Waals surface area contributed by atoms with E-state index in [2.05, 4.69) is 51.4 Å². The summed E-state index contributed by atoms with van der Waals surface area (Å²) in [6.45, 7) is 11.9. The smallest absolute Gasteiger partial charge is 0.324 e. The van der Waals surface area contributed by atoms with Gasteiger partial charge in [0.1, 0.15) is 5.66 Å². The second-order valence-electron chi connectivity index (χ2n) is 8.09. The van der Waals surface area contributed by atoms with Gasteiger partial charge in [0.2, 0.25) is 0 Å². The molecule has 0 heterocycles. The van der Waals surface area contributed by atoms with Crippen molar-refractivity contribution in [1.29, 1.82) is 0 Å². The third kappa shape index (κ3) is 15.4. The fourth-order valence-corrected chi connectivity index (χ4v) is 2.88. The van der Waals surface area contributed by atoms with Gasteiger partial charge >= 0.3 is 7.60 Å². The number of carbonyl (C=O) groups is 1. The molecule has 0 spiro atoms. The Hall–Kier alpha value is -1.46. The molecule has 1 atom stereocenters. The molecule has 0 aliphatic carbocycles. The van der Waals surface area contributed by atoms with Crippen LogP contribution in [0.15, 0.2) is 46.6 Å². The van der Waals surface area contributed by atoms with Crippen LogP contribution in [0.3, 0.4) is 0 Å². The second kappa shape index (κ2) is 15.4. The van der Waals surface area contributed by atoms with Crippen LogP contribution in [0.4, 0.5) is 0 Å². The fraction of sp³-hybridized carbons (Fsp3) is 0.609. The number of hydrogen-bond donors (Lipinski definition) is 3. The van der Waals surface area contributed by atoms with Crippen molar-refractivity contribution in [2.24, 2.45) is 0 Å². The Morgan fingerprint density at radius 2 is 1.30 bits per heavy atom. The Morgan fingerprint density at radius 1 is 0.867 bits per heavy atom. The molecule has 30 heavy (non-hydrogen) atoms. The maximum absolute atomic E-state index is 11.5. The molecule has 0 bridgehead atoms. The van der Waals surface area contributed by atoms with E-state index < -0.39 is 19.2 Å². The predicted molar refractivity (Wildman–Crippen MR) is 124 cm³/mol. The molecule has 6 nitrogen and oxygen atoms in total. The first-order chi connectivity index (χ1) is 13.9. The fourth-order valence-electron chi connectivity index (χ4n) is 2.52. The second-order valence-corrected chi connectivity index (χ2v) is 10.0. The van der Waals surface area contributed by atoms with E-state index in [4.69, 9.17) is 14.6 Å². The molecule has 0 rings (SSSR count). The highest BCUT2D eigenvalue weighted by Gasteiger charge is 2.30. The lowest BCUT2D eigenvalue weighted by Crippen LogP contribution is -2.32. The van der Waals surface area contributed by atoms with Gasteiger partial charge in [0.15, 0.2) is 0 Å². The van der Waals surface area contributed by atoms with E-state index in [1.807, 2.05) is 13.0 Å². The lowest BCUT2D eigenvalue weighted by atomic mass is 10.0. The molecule has 0 aliphatic heterocycles. The largest absolute Gasteiger partial charge is 0.337 e. The molecule has 7 heteroatoms. The minimum Gasteiger partial charge on any atom is -0.324 e. The highest BCUT2D eigenvalue weighted by molar-refractivity contribution is 7.53. The van der Waals surface area contributed by atoms with Gasteiger partial charge in [-0.3, -0.25) is 14.2 Å². The van der Waals surface area contributed by atoms with E-state index in [-0.39, 0.29) is 6.61 Å². The number of allylic oxidation sites excluding steroid dienone is 7. The molecular formula is C23H40NO5P. The average molecular weight is 442 g/mol. The first-order valence-electron chi connectivity index (χ1n) is 10.5. The molecule has 0 aliphatic rings. The zero-order valence-electron chi connectivity index (χ0n) is 19.4. The van der Waals surface area contributed by atoms with Crippen molar-refractivity contribution in [3.05, 3.63) is 46.6 Å². The van der Waals surface area contributed by atoms with Gasteiger partial charge in [0.05, 0.1) is 6.61 Å². The topological polar surface area (TPSA) is 95.9 Å². The van der Waals surface area contributed by atoms with Crippen LogP contribution < -0.4 is 5.48 Å². The summed E-state index contributed by atoms with van der Waals surface area (Å²) >= 11 is 0. The van der Waals surface area contributed by atoms with Crippen LogP contribution in [0.25, 0.3) is 0 Å². The molecule has 0 radical (unpaired) electrons. The Bertz CT molecular complexity index is 696. The van der Waals surface area contributed by atoms with Gasteiger partial charge in [0, 0.05) is 0 Å². The molecule has 1 unspecified atom stereocenters. The Morgan fingerprint density at radius 3 is 1.73 bits per heavy atom. The Labute approximate surface area is 182 Å². The first-order valence-corrected chi connectivity index (χ1v) is 12.2. The molecule has 0 aromatic heterocycles. The summed E-state index contributed by atoms with van der Waals surface area (Å²) in [4.78, 5) is 34.4. The van der Waals surface area contributed by atoms with E-state index in [9.17, 15) is 9.36 Å². The normalized spacial score (nSPS) is 14.5. The summed E-state index contributed by atoms with van der Waals surface area (Å²) in [5.41, 5.74) is 5.98. The maximum Gasteiger partial charge on any atom is 0.337 e. The van der Waals surface area contributed by atoms with Gasteiger partial charge in [-0.15, -0.1) is 0 Å². The summed E-state index contributed by atoms with van der Waals surface area (Å²) in [7, 11) is -4.45. The third-order valence-electron chi connectivity index (χ3n) is 4.73. The quantitative estimate of drug-likeness (QED) is 0.138. The van der Waals surface area contributed by atoms with Crippen molar-refractivity contribution >= 4 is 13.5 Å². The van der Waals surface area contributed by atoms with Crippen LogP contribution in [0, 0.1) is 0 Å². The Balaban J connectivity index is 4.10. The zero-order valence-corrected chi connectivity index (χ0v) is 20.3. The van der Waals surface area contributed by atoms with Gasteiger partial charge in [0.25, 0.3) is 5.91 Å². The van der Waals surface area contributed by atoms with Crippen molar-refractivity contribution < 1.29 is 24.0 Å². The molecule has 0 saturated carbocycles. The summed E-state index contributed by atoms with van der Waals surface area (Å²) in [6, 6.07) is 0. The SMILES string of the molecule is CC(C)=CCC/C(C)=C/CC/C(C)=C/CC/C(C)=C/CONC(=O)C(C)P(=O)(O)O. The monoisotopic (exact) mass is 441 g/mol. The highest BCUT2D eigenvalue weighted by atomic mass is 31.2. The van der Waals surface area contributed by atoms with Gasteiger partial charge in [-0.1, -0.05) is 46.6 Å². The number of nitrogens with one attached hydrogen (secondary N) is 1. The molecule has 1 amide bonds. The van der Waals surface area contributed by atoms with Crippen LogP contribution in [0.2, 0.25) is 0 Å². The molecule has 3 N–H and O–H groups in total. The molecule has 172 valence electrons. The number of carbonyl (C=O) groups excluding carboxylic acids is 1. The average Bonchev–Trinajstić information content (AvgIpc) is 2.63. The van der Waals surface area contributed by atoms with Crippen LogP contribution >= 0.6 is 7.60 Å². The molecule has 0 aromatic rings. The van der Waals surface area contributed by atoms with Gasteiger partial charge in [-0.2, -0.15) is 0 Å². The number of hydroxylamine groups is 1. The van der Waals surface area contributed by atoms with E-state index in [1.54, 1.807) is 0 Å². The van der Waals surface area contributed by atoms with E-state index in [0.29, 0.717) is 0 Å². The Kier molecular flexibility index (Phi) is 14.6. The van der Waals surface area contributed by atoms with Crippen LogP contribution in [0.5, 0.6) is 0 Å². The summed E-state index contributed by atoms with van der Waals surface area (Å²) in [6.07, 6.45) is 14.9. The summed E-state index contributed by atoms with van der Waals surface area (Å²) in [5.74, 6) is -0.825. The van der Waals surface area contributed by atoms with Crippen molar-refractivity contribution in [2.45, 2.75) is 85.7 Å². The van der Waals surface area contributed by atoms with Crippen molar-refractivity contribution in [2.75, 3.05) is 6.61 Å². The van der Waals surface area contributed by atoms with E-state index in [1.165, 1.54) is 16.7 Å². The van der Waals surface area contributed by atoms with Crippen LogP contribution in [-0.4, -0.2) is 28.0 Å². The summed E-state index contributed by atoms with van der Waals surface area (Å²) < 4.78 is 11.0. The number of rotatable bonds is 14. The number of hydrogen-bond acceptors (Lipinski definition) is 3. The predicted octanol–water partition coefficient (Wildman–Crippen LogP) is 5.75. The molecule has 0 aromatic carbocycles. The lowest BCUT2D eigenvalue weighted by molar-refractivity contribution is -0.132. The first kappa shape index (κ1) is 28.5. The standard InChI is InChI=1S/C23H40NO5P/c1-18(2)10-7-11-19(3)12-8-13-20(4)14-9-15-21(5)16-17-29-24-23(25)22(6)30(26,27)28/h10,12,14,16,22H,7-9,11,13,15,17H2,1-6H3,(H,24,25)(H2,26,27,28)/b19-12+,20-14+,21-16+. The lowest BCUT2D eigenvalue weighted by Gasteiger charge is -2.12. The van der Waals surface area contributed by atoms with Gasteiger partial charge in [-0.05, 0) is 80.1 Å². The maximum atomic E-state index is 11.5. The van der Waals surface area contributed by atoms with Crippen LogP contribution in [-0.2, 0) is 14.2 Å². The van der Waals surface area contributed by atoms with E-state index in [0.717, 1.165) is 51.0 Å². The van der Waals surface area contributed by atoms with Crippen molar-refractivity contribution in [3.8, 4) is 0 Å². The zero-order chi connectivity index (χ0) is 23.2. The third-order valence-corrected chi connectivity index (χ3v) is 5.97. The minimum atomic E-state index is -4.45. The minimum absolute atomic E-state index is 0.158. The van der Waals surface area contributed by atoms with Crippen molar-refractivity contribution in [3.63, 3.8) is 0 Å².